The third-order valence-electron chi connectivity index (χ3n) is 7.40. The van der Waals surface area contributed by atoms with Crippen LogP contribution in [-0.2, 0) is 11.3 Å². The highest BCUT2D eigenvalue weighted by Gasteiger charge is 2.21. The van der Waals surface area contributed by atoms with Gasteiger partial charge in [0.05, 0.1) is 18.1 Å². The number of carbonyl (C=O) groups is 1. The Morgan fingerprint density at radius 1 is 0.975 bits per heavy atom. The van der Waals surface area contributed by atoms with Gasteiger partial charge in [-0.3, -0.25) is 9.69 Å². The highest BCUT2D eigenvalue weighted by molar-refractivity contribution is 6.35. The Morgan fingerprint density at radius 2 is 1.65 bits per heavy atom. The van der Waals surface area contributed by atoms with Crippen molar-refractivity contribution in [3.05, 3.63) is 58.3 Å². The molecule has 9 nitrogen and oxygen atoms in total. The number of ether oxygens (including phenoxy) is 1. The lowest BCUT2D eigenvalue weighted by atomic mass is 9.96. The first-order chi connectivity index (χ1) is 19.3. The number of rotatable bonds is 8. The highest BCUT2D eigenvalue weighted by Crippen LogP contribution is 2.31. The van der Waals surface area contributed by atoms with Crippen LogP contribution < -0.4 is 15.0 Å². The lowest BCUT2D eigenvalue weighted by molar-refractivity contribution is -0.119. The zero-order valence-corrected chi connectivity index (χ0v) is 24.5. The monoisotopic (exact) mass is 583 g/mol. The van der Waals surface area contributed by atoms with Crippen LogP contribution in [0.1, 0.15) is 25.3 Å². The number of nitrogens with one attached hydrogen (secondary N) is 1. The number of halogens is 2. The van der Waals surface area contributed by atoms with E-state index < -0.39 is 0 Å². The molecule has 2 aromatic heterocycles. The first-order valence-electron chi connectivity index (χ1n) is 13.7. The fraction of sp³-hybridized carbons (Fsp3) is 0.448. The Kier molecular flexibility index (Phi) is 9.36. The third kappa shape index (κ3) is 7.81. The van der Waals surface area contributed by atoms with E-state index >= 15 is 0 Å². The molecule has 1 aromatic carbocycles. The second-order valence-electron chi connectivity index (χ2n) is 10.6. The number of piperazine rings is 1. The SMILES string of the molecule is CC(=O)NCC1CCN(Cc2cc(Oc3cnc(N4CCN(C)CC4)nc3)nc(-c3cc(Cl)cc(Cl)c3)c2)CC1. The minimum absolute atomic E-state index is 0.0276. The molecule has 0 bridgehead atoms. The van der Waals surface area contributed by atoms with E-state index in [0.717, 1.165) is 82.0 Å². The summed E-state index contributed by atoms with van der Waals surface area (Å²) < 4.78 is 6.17. The highest BCUT2D eigenvalue weighted by atomic mass is 35.5. The van der Waals surface area contributed by atoms with Gasteiger partial charge in [0.1, 0.15) is 0 Å². The largest absolute Gasteiger partial charge is 0.436 e. The van der Waals surface area contributed by atoms with E-state index in [2.05, 4.69) is 43.1 Å². The summed E-state index contributed by atoms with van der Waals surface area (Å²) in [6.07, 6.45) is 5.49. The minimum Gasteiger partial charge on any atom is -0.436 e. The van der Waals surface area contributed by atoms with Crippen molar-refractivity contribution in [2.24, 2.45) is 5.92 Å². The fourth-order valence-corrected chi connectivity index (χ4v) is 5.63. The molecule has 11 heteroatoms. The molecule has 0 aliphatic carbocycles. The van der Waals surface area contributed by atoms with Gasteiger partial charge in [-0.05, 0) is 68.7 Å². The van der Waals surface area contributed by atoms with Gasteiger partial charge in [0.15, 0.2) is 5.75 Å². The summed E-state index contributed by atoms with van der Waals surface area (Å²) in [6.45, 7) is 8.76. The smallest absolute Gasteiger partial charge is 0.225 e. The molecule has 1 amide bonds. The average Bonchev–Trinajstić information content (AvgIpc) is 2.93. The van der Waals surface area contributed by atoms with Gasteiger partial charge in [-0.15, -0.1) is 0 Å². The first kappa shape index (κ1) is 28.5. The quantitative estimate of drug-likeness (QED) is 0.407. The molecule has 2 aliphatic heterocycles. The lowest BCUT2D eigenvalue weighted by Gasteiger charge is -2.32. The molecule has 212 valence electrons. The van der Waals surface area contributed by atoms with Gasteiger partial charge in [-0.2, -0.15) is 0 Å². The van der Waals surface area contributed by atoms with Crippen molar-refractivity contribution in [3.63, 3.8) is 0 Å². The number of amides is 1. The van der Waals surface area contributed by atoms with Crippen molar-refractivity contribution in [3.8, 4) is 22.9 Å². The average molecular weight is 585 g/mol. The molecule has 4 heterocycles. The number of likely N-dealkylation sites (tertiary alicyclic amines) is 1. The van der Waals surface area contributed by atoms with E-state index in [9.17, 15) is 4.79 Å². The molecule has 0 atom stereocenters. The second kappa shape index (κ2) is 13.1. The molecule has 0 radical (unpaired) electrons. The van der Waals surface area contributed by atoms with E-state index in [1.807, 2.05) is 18.2 Å². The predicted octanol–water partition coefficient (Wildman–Crippen LogP) is 4.74. The molecule has 40 heavy (non-hydrogen) atoms. The number of anilines is 1. The van der Waals surface area contributed by atoms with Crippen LogP contribution in [-0.4, -0.2) is 83.5 Å². The Hall–Kier alpha value is -2.98. The van der Waals surface area contributed by atoms with E-state index in [1.54, 1.807) is 25.4 Å². The van der Waals surface area contributed by atoms with Gasteiger partial charge in [-0.1, -0.05) is 23.2 Å². The Morgan fingerprint density at radius 3 is 2.30 bits per heavy atom. The van der Waals surface area contributed by atoms with Crippen LogP contribution >= 0.6 is 23.2 Å². The van der Waals surface area contributed by atoms with Crippen molar-refractivity contribution < 1.29 is 9.53 Å². The van der Waals surface area contributed by atoms with Crippen molar-refractivity contribution in [1.29, 1.82) is 0 Å². The van der Waals surface area contributed by atoms with Gasteiger partial charge in [-0.25, -0.2) is 15.0 Å². The minimum atomic E-state index is 0.0276. The van der Waals surface area contributed by atoms with Crippen LogP contribution in [0.25, 0.3) is 11.3 Å². The summed E-state index contributed by atoms with van der Waals surface area (Å²) in [5.74, 6) is 2.23. The molecule has 0 saturated carbocycles. The van der Waals surface area contributed by atoms with Crippen molar-refractivity contribution in [2.75, 3.05) is 57.8 Å². The molecule has 2 fully saturated rings. The number of hydrogen-bond donors (Lipinski definition) is 1. The van der Waals surface area contributed by atoms with Crippen molar-refractivity contribution in [1.82, 2.24) is 30.1 Å². The molecular formula is C29H35Cl2N7O2. The van der Waals surface area contributed by atoms with Crippen molar-refractivity contribution in [2.45, 2.75) is 26.3 Å². The van der Waals surface area contributed by atoms with Gasteiger partial charge < -0.3 is 19.9 Å². The third-order valence-corrected chi connectivity index (χ3v) is 7.83. The zero-order chi connectivity index (χ0) is 28.1. The lowest BCUT2D eigenvalue weighted by Crippen LogP contribution is -2.45. The maximum absolute atomic E-state index is 11.3. The van der Waals surface area contributed by atoms with E-state index in [4.69, 9.17) is 32.9 Å². The van der Waals surface area contributed by atoms with Crippen LogP contribution in [0.3, 0.4) is 0 Å². The molecular weight excluding hydrogens is 549 g/mol. The number of benzene rings is 1. The molecule has 0 unspecified atom stereocenters. The van der Waals surface area contributed by atoms with Gasteiger partial charge >= 0.3 is 0 Å². The molecule has 1 N–H and O–H groups in total. The normalized spacial score (nSPS) is 17.1. The Bertz CT molecular complexity index is 1290. The molecule has 3 aromatic rings. The van der Waals surface area contributed by atoms with E-state index in [-0.39, 0.29) is 5.91 Å². The molecule has 5 rings (SSSR count). The summed E-state index contributed by atoms with van der Waals surface area (Å²) in [6, 6.07) is 9.44. The molecule has 0 spiro atoms. The number of aromatic nitrogens is 3. The van der Waals surface area contributed by atoms with E-state index in [0.29, 0.717) is 33.5 Å². The summed E-state index contributed by atoms with van der Waals surface area (Å²) >= 11 is 12.6. The van der Waals surface area contributed by atoms with Gasteiger partial charge in [0.25, 0.3) is 0 Å². The van der Waals surface area contributed by atoms with Crippen LogP contribution in [0.15, 0.2) is 42.7 Å². The number of nitrogens with zero attached hydrogens (tertiary/aromatic N) is 6. The van der Waals surface area contributed by atoms with E-state index in [1.165, 1.54) is 0 Å². The Labute approximate surface area is 245 Å². The van der Waals surface area contributed by atoms with Crippen molar-refractivity contribution >= 4 is 35.1 Å². The first-order valence-corrected chi connectivity index (χ1v) is 14.4. The van der Waals surface area contributed by atoms with Crippen LogP contribution in [0.5, 0.6) is 11.6 Å². The predicted molar refractivity (Wildman–Crippen MR) is 158 cm³/mol. The summed E-state index contributed by atoms with van der Waals surface area (Å²) in [4.78, 5) is 32.1. The summed E-state index contributed by atoms with van der Waals surface area (Å²) in [7, 11) is 2.12. The second-order valence-corrected chi connectivity index (χ2v) is 11.5. The maximum Gasteiger partial charge on any atom is 0.225 e. The van der Waals surface area contributed by atoms with Crippen LogP contribution in [0.4, 0.5) is 5.95 Å². The number of pyridine rings is 1. The van der Waals surface area contributed by atoms with Crippen LogP contribution in [0.2, 0.25) is 10.0 Å². The topological polar surface area (TPSA) is 86.7 Å². The Balaban J connectivity index is 1.32. The number of piperidine rings is 1. The number of carbonyl (C=O) groups excluding carboxylic acids is 1. The fourth-order valence-electron chi connectivity index (χ4n) is 5.10. The summed E-state index contributed by atoms with van der Waals surface area (Å²) in [5.41, 5.74) is 2.62. The standard InChI is InChI=1S/C29H35Cl2N7O2/c1-20(39)32-16-21-3-5-37(6-4-21)19-22-11-27(23-13-24(30)15-25(31)14-23)35-28(12-22)40-26-17-33-29(34-18-26)38-9-7-36(2)8-10-38/h11-15,17-18,21H,3-10,16,19H2,1-2H3,(H,32,39). The van der Waals surface area contributed by atoms with Gasteiger partial charge in [0, 0.05) is 67.9 Å². The number of hydrogen-bond acceptors (Lipinski definition) is 8. The van der Waals surface area contributed by atoms with Crippen LogP contribution in [0, 0.1) is 5.92 Å². The number of likely N-dealkylation sites (N-methyl/N-ethyl adjacent to an activating group) is 1. The maximum atomic E-state index is 11.3. The zero-order valence-electron chi connectivity index (χ0n) is 22.9. The summed E-state index contributed by atoms with van der Waals surface area (Å²) in [5, 5.41) is 4.05. The molecule has 2 aliphatic rings. The van der Waals surface area contributed by atoms with Gasteiger partial charge in [0.2, 0.25) is 17.7 Å². The molecule has 2 saturated heterocycles.